The van der Waals surface area contributed by atoms with E-state index in [2.05, 4.69) is 58.0 Å². The number of oxime groups is 1. The fourth-order valence-corrected chi connectivity index (χ4v) is 19.1. The number of fused-ring (bicyclic) bond motifs is 16. The van der Waals surface area contributed by atoms with Crippen molar-refractivity contribution >= 4 is 134 Å². The van der Waals surface area contributed by atoms with Gasteiger partial charge in [-0.15, -0.1) is 11.8 Å². The van der Waals surface area contributed by atoms with Crippen LogP contribution in [0.5, 0.6) is 46.0 Å². The van der Waals surface area contributed by atoms with E-state index in [1.165, 1.54) is 33.0 Å². The third-order valence-corrected chi connectivity index (χ3v) is 26.3. The first-order valence-corrected chi connectivity index (χ1v) is 45.3. The number of rotatable bonds is 24. The van der Waals surface area contributed by atoms with E-state index in [0.717, 1.165) is 94.7 Å². The van der Waals surface area contributed by atoms with Crippen molar-refractivity contribution in [3.05, 3.63) is 168 Å². The third-order valence-electron chi connectivity index (χ3n) is 23.4. The number of primary amides is 1. The smallest absolute Gasteiger partial charge is 0.331 e. The molecule has 0 saturated carbocycles. The zero-order valence-electron chi connectivity index (χ0n) is 72.5. The van der Waals surface area contributed by atoms with Crippen LogP contribution in [0.2, 0.25) is 14.4 Å². The van der Waals surface area contributed by atoms with Crippen LogP contribution in [0.25, 0.3) is 11.1 Å². The van der Waals surface area contributed by atoms with E-state index in [9.17, 15) is 75.0 Å². The van der Waals surface area contributed by atoms with Gasteiger partial charge in [0.2, 0.25) is 65.2 Å². The van der Waals surface area contributed by atoms with Crippen molar-refractivity contribution in [3.8, 4) is 57.1 Å². The first-order chi connectivity index (χ1) is 64.6. The van der Waals surface area contributed by atoms with Crippen molar-refractivity contribution in [2.45, 2.75) is 187 Å². The van der Waals surface area contributed by atoms with Crippen LogP contribution >= 0.6 is 57.9 Å². The molecule has 136 heavy (non-hydrogen) atoms. The second kappa shape index (κ2) is 41.7. The Balaban J connectivity index is 0.848. The fraction of sp³-hybridized carbons (Fsp3) is 0.402. The molecule has 25 N–H and O–H groups in total. The van der Waals surface area contributed by atoms with Gasteiger partial charge >= 0.3 is 5.97 Å². The third kappa shape index (κ3) is 21.4. The second-order valence-electron chi connectivity index (χ2n) is 33.7. The van der Waals surface area contributed by atoms with Gasteiger partial charge in [0.1, 0.15) is 124 Å². The highest BCUT2D eigenvalue weighted by atomic mass is 35.5. The number of anilines is 1. The Morgan fingerprint density at radius 1 is 0.757 bits per heavy atom. The number of nitrogens with zero attached hydrogens (tertiary/aromatic N) is 4. The van der Waals surface area contributed by atoms with Crippen LogP contribution in [0.4, 0.5) is 5.13 Å². The van der Waals surface area contributed by atoms with Crippen molar-refractivity contribution in [2.24, 2.45) is 22.5 Å². The summed E-state index contributed by atoms with van der Waals surface area (Å²) in [5.74, 6) is -19.0. The average Bonchev–Trinajstić information content (AvgIpc) is 0.767. The number of nitrogen functional groups attached to an aromatic ring is 1. The van der Waals surface area contributed by atoms with Gasteiger partial charge in [0.25, 0.3) is 5.91 Å². The lowest BCUT2D eigenvalue weighted by Gasteiger charge is -2.51. The van der Waals surface area contributed by atoms with Crippen LogP contribution < -0.4 is 83.8 Å². The van der Waals surface area contributed by atoms with E-state index in [4.69, 9.17) is 85.3 Å². The Labute approximate surface area is 795 Å². The standard InChI is InChI=1S/C87H95Cl3N16O28S2/c1-33(2)20-45(94-5)74(117)100-62-66(112)36-11-14-49(43(88)22-36)130-51-24-38-25-52(70(51)134-85-71(69(115)68(114)53(31-107)132-85)133-55-29-87(4,93)72(116)34(3)129-55)131-50-15-12-37(23-44(50)89)67(113)63-81(124)99-59(42-26-40(108)27-48(110)56(42)41-21-35(10-13-47(41)109)57(77(120)101-63)98-78(121)58(38)97-75(118)46(28-54(91)111)96-80(62)123)76(119)95-16-9-19-128-104-61(60-73(90)136-86(92)103-60)79(122)102-64-82(125)106-65(84(126)127)39(32-135-83(64)106)30-105-17-7-6-8-18-105/h6-8,10-15,17-18,21-27,32-34,45-46,53,55,57-59,62-69,71-72,83,85,94,107,112-116H,9,16,19-20,28-31,93H2,1-5H3,(H15-,91,92,95,96,97,98,99,100,101,102,103,104,108,109,110,111,117,118,119,120,121,122,123,124,126,127)/p+1. The number of phenolic OH excluding ortho intramolecular Hbond substituents is 3. The number of nitrogens with two attached hydrogens (primary N) is 3. The van der Waals surface area contributed by atoms with Gasteiger partial charge in [-0.2, -0.15) is 0 Å². The molecule has 3 saturated heterocycles. The fourth-order valence-electron chi connectivity index (χ4n) is 16.5. The molecule has 21 atom stereocenters. The largest absolute Gasteiger partial charge is 0.508 e. The van der Waals surface area contributed by atoms with Crippen molar-refractivity contribution in [1.29, 1.82) is 0 Å². The Kier molecular flexibility index (Phi) is 30.5. The molecule has 44 nitrogen and oxygen atoms in total. The molecular weight excluding hydrogens is 1890 g/mol. The molecule has 724 valence electrons. The summed E-state index contributed by atoms with van der Waals surface area (Å²) in [6.07, 6.45) is -15.9. The molecule has 9 aliphatic rings. The maximum absolute atomic E-state index is 16.4. The lowest BCUT2D eigenvalue weighted by molar-refractivity contribution is -0.689. The van der Waals surface area contributed by atoms with E-state index in [1.807, 2.05) is 0 Å². The Morgan fingerprint density at radius 3 is 2.04 bits per heavy atom. The van der Waals surface area contributed by atoms with Gasteiger partial charge in [0.05, 0.1) is 41.3 Å². The molecule has 2 aromatic heterocycles. The van der Waals surface area contributed by atoms with E-state index in [0.29, 0.717) is 5.57 Å². The molecule has 0 spiro atoms. The highest BCUT2D eigenvalue weighted by molar-refractivity contribution is 8.03. The Hall–Kier alpha value is -12.4. The van der Waals surface area contributed by atoms with Crippen LogP contribution in [0.3, 0.4) is 0 Å². The molecule has 3 fully saturated rings. The van der Waals surface area contributed by atoms with Crippen LogP contribution in [-0.4, -0.2) is 255 Å². The SMILES string of the molecule is CNC(CC(C)C)C(=O)NC1C(=O)NC(CC(N)=O)C(=O)NC2C(=O)NC3C(=O)NC(C(=O)NC(C(=O)NCCCON=C(C(=O)NC4C(=O)N5C(C(=O)O)C(C[n+]6ccccc6)=CSC45)c4nc(N)sc4Cl)c4cc(O)cc(O)c4-c4cc3ccc4O)C(O)c3ccc(c(Cl)c3)Oc3cc2cc(c3OC2OC(CO)C(O)C(O)C2OC2CC(C)(N)C(O)C(C)O2)Oc2ccc(cc2Cl)C1O. The minimum atomic E-state index is -2.41. The number of likely N-dealkylation sites (N-methyl/N-ethyl adjacent to an activating group) is 1. The molecule has 10 amide bonds. The number of ether oxygens (including phenoxy) is 6. The number of thioether (sulfide) groups is 1. The molecule has 0 aliphatic carbocycles. The predicted molar refractivity (Wildman–Crippen MR) is 480 cm³/mol. The number of carboxylic acids is 1. The normalized spacial score (nSPS) is 27.5. The number of thiazole rings is 1. The number of amides is 10. The van der Waals surface area contributed by atoms with Gasteiger partial charge in [-0.3, -0.25) is 47.9 Å². The van der Waals surface area contributed by atoms with E-state index in [1.54, 1.807) is 54.4 Å². The number of benzene rings is 5. The van der Waals surface area contributed by atoms with Gasteiger partial charge < -0.3 is 154 Å². The highest BCUT2D eigenvalue weighted by Crippen LogP contribution is 2.51. The number of phenols is 3. The van der Waals surface area contributed by atoms with Gasteiger partial charge in [0.15, 0.2) is 59.7 Å². The van der Waals surface area contributed by atoms with Gasteiger partial charge in [-0.05, 0) is 121 Å². The number of hydrogen-bond acceptors (Lipinski definition) is 34. The zero-order valence-corrected chi connectivity index (χ0v) is 76.4. The van der Waals surface area contributed by atoms with Crippen LogP contribution in [-0.2, 0) is 78.3 Å². The second-order valence-corrected chi connectivity index (χ2v) is 37.1. The van der Waals surface area contributed by atoms with E-state index in [-0.39, 0.29) is 63.8 Å². The molecule has 0 radical (unpaired) electrons. The molecule has 11 heterocycles. The summed E-state index contributed by atoms with van der Waals surface area (Å²) in [5.41, 5.74) is 13.5. The molecule has 16 rings (SSSR count). The summed E-state index contributed by atoms with van der Waals surface area (Å²) >= 11 is 22.7. The number of aliphatic carboxylic acids is 1. The van der Waals surface area contributed by atoms with Crippen LogP contribution in [0.1, 0.15) is 117 Å². The molecule has 7 aromatic rings. The first-order valence-electron chi connectivity index (χ1n) is 42.4. The summed E-state index contributed by atoms with van der Waals surface area (Å²) in [6.45, 7) is 4.82. The maximum Gasteiger partial charge on any atom is 0.331 e. The lowest BCUT2D eigenvalue weighted by Crippen LogP contribution is -2.74. The number of halogens is 3. The number of aromatic nitrogens is 2. The van der Waals surface area contributed by atoms with Crippen molar-refractivity contribution < 1.29 is 142 Å². The number of aliphatic hydroxyl groups excluding tert-OH is 6. The Morgan fingerprint density at radius 2 is 1.41 bits per heavy atom. The molecule has 11 bridgehead atoms. The summed E-state index contributed by atoms with van der Waals surface area (Å²) in [7, 11) is 1.46. The topological polar surface area (TPSA) is 673 Å². The van der Waals surface area contributed by atoms with E-state index < -0.39 is 302 Å². The minimum absolute atomic E-state index is 0.112. The molecule has 5 aromatic carbocycles. The van der Waals surface area contributed by atoms with Crippen LogP contribution in [0.15, 0.2) is 126 Å². The molecule has 49 heteroatoms. The number of pyridine rings is 1. The number of carboxylic acid groups (broad SMARTS) is 1. The first kappa shape index (κ1) is 99.6. The highest BCUT2D eigenvalue weighted by Gasteiger charge is 2.58. The number of nitrogens with one attached hydrogen (secondary N) is 9. The van der Waals surface area contributed by atoms with E-state index >= 15 is 28.8 Å². The molecule has 21 unspecified atom stereocenters. The number of aromatic hydroxyl groups is 3. The predicted octanol–water partition coefficient (Wildman–Crippen LogP) is 0.366. The maximum atomic E-state index is 16.4. The van der Waals surface area contributed by atoms with Gasteiger partial charge in [-0.1, -0.05) is 89.4 Å². The number of carbonyl (C=O) groups is 11. The summed E-state index contributed by atoms with van der Waals surface area (Å²) in [6, 6.07) is 1.61. The number of β-lactam (4-membered cyclic amide) rings is 1. The summed E-state index contributed by atoms with van der Waals surface area (Å²) < 4.78 is 40.3. The summed E-state index contributed by atoms with van der Waals surface area (Å²) in [5, 5.41) is 143. The zero-order chi connectivity index (χ0) is 98.1. The lowest BCUT2D eigenvalue weighted by atomic mass is 9.86. The quantitative estimate of drug-likeness (QED) is 0.0128. The number of aliphatic hydroxyl groups is 6. The van der Waals surface area contributed by atoms with Gasteiger partial charge in [-0.25, -0.2) is 14.3 Å². The number of carbonyl (C=O) groups excluding carboxylic acids is 10. The van der Waals surface area contributed by atoms with Crippen molar-refractivity contribution in [1.82, 2.24) is 57.7 Å². The Bertz CT molecular complexity index is 5910. The van der Waals surface area contributed by atoms with Crippen molar-refractivity contribution in [2.75, 3.05) is 32.5 Å². The number of hydrogen-bond donors (Lipinski definition) is 22. The van der Waals surface area contributed by atoms with Crippen LogP contribution in [0, 0.1) is 5.92 Å². The summed E-state index contributed by atoms with van der Waals surface area (Å²) in [4.78, 5) is 173. The monoisotopic (exact) mass is 1980 g/mol. The molecular formula is C87H96Cl3N16O28S2+. The van der Waals surface area contributed by atoms with Crippen molar-refractivity contribution in [3.63, 3.8) is 0 Å². The van der Waals surface area contributed by atoms with Gasteiger partial charge in [0, 0.05) is 59.8 Å². The minimum Gasteiger partial charge on any atom is -0.508 e. The molecule has 9 aliphatic heterocycles. The average molecular weight is 1980 g/mol.